The van der Waals surface area contributed by atoms with Crippen LogP contribution in [-0.4, -0.2) is 105 Å². The van der Waals surface area contributed by atoms with Gasteiger partial charge in [-0.25, -0.2) is 4.79 Å². The van der Waals surface area contributed by atoms with Crippen molar-refractivity contribution in [2.45, 2.75) is 82.1 Å². The summed E-state index contributed by atoms with van der Waals surface area (Å²) >= 11 is 1.36. The fraction of sp³-hybridized carbons (Fsp3) is 0.652. The molecular weight excluding hydrogens is 568 g/mol. The van der Waals surface area contributed by atoms with Crippen LogP contribution in [0.5, 0.6) is 0 Å². The minimum Gasteiger partial charge on any atom is -0.481 e. The molecule has 0 aromatic carbocycles. The van der Waals surface area contributed by atoms with Gasteiger partial charge in [0.25, 0.3) is 0 Å². The smallest absolute Gasteiger partial charge is 0.326 e. The van der Waals surface area contributed by atoms with Crippen LogP contribution in [-0.2, 0) is 38.4 Å². The molecule has 41 heavy (non-hydrogen) atoms. The normalized spacial score (nSPS) is 14.3. The Kier molecular flexibility index (Phi) is 17.4. The van der Waals surface area contributed by atoms with Crippen molar-refractivity contribution in [3.05, 3.63) is 0 Å². The molecule has 0 bridgehead atoms. The van der Waals surface area contributed by atoms with Crippen molar-refractivity contribution in [3.63, 3.8) is 0 Å². The van der Waals surface area contributed by atoms with Crippen LogP contribution in [0.25, 0.3) is 0 Å². The summed E-state index contributed by atoms with van der Waals surface area (Å²) in [7, 11) is 0. The number of carboxylic acids is 3. The lowest BCUT2D eigenvalue weighted by molar-refractivity contribution is -0.143. The Morgan fingerprint density at radius 3 is 1.61 bits per heavy atom. The van der Waals surface area contributed by atoms with Crippen LogP contribution >= 0.6 is 11.8 Å². The summed E-state index contributed by atoms with van der Waals surface area (Å²) in [6.07, 6.45) is -0.252. The van der Waals surface area contributed by atoms with Gasteiger partial charge in [-0.3, -0.25) is 33.6 Å². The second-order valence-corrected chi connectivity index (χ2v) is 10.00. The molecule has 5 atom stereocenters. The molecule has 0 radical (unpaired) electrons. The maximum Gasteiger partial charge on any atom is 0.326 e. The summed E-state index contributed by atoms with van der Waals surface area (Å²) in [6.45, 7) is 1.20. The number of rotatable bonds is 21. The molecule has 0 aliphatic rings. The zero-order chi connectivity index (χ0) is 31.7. The van der Waals surface area contributed by atoms with Crippen LogP contribution in [0.2, 0.25) is 0 Å². The van der Waals surface area contributed by atoms with Crippen LogP contribution in [0.1, 0.15) is 51.9 Å². The van der Waals surface area contributed by atoms with Gasteiger partial charge in [-0.2, -0.15) is 11.8 Å². The monoisotopic (exact) mass is 606 g/mol. The maximum atomic E-state index is 13.0. The lowest BCUT2D eigenvalue weighted by Gasteiger charge is -2.25. The Labute approximate surface area is 239 Å². The highest BCUT2D eigenvalue weighted by atomic mass is 32.2. The fourth-order valence-corrected chi connectivity index (χ4v) is 3.69. The Balaban J connectivity index is 5.55. The summed E-state index contributed by atoms with van der Waals surface area (Å²) in [6, 6.07) is -6.69. The van der Waals surface area contributed by atoms with Gasteiger partial charge in [0.1, 0.15) is 24.2 Å². The Morgan fingerprint density at radius 2 is 1.12 bits per heavy atom. The number of amides is 5. The number of nitrogens with one attached hydrogen (secondary N) is 4. The molecule has 0 rings (SSSR count). The van der Waals surface area contributed by atoms with Gasteiger partial charge in [0.05, 0.1) is 6.04 Å². The van der Waals surface area contributed by atoms with Crippen molar-refractivity contribution in [1.82, 2.24) is 21.3 Å². The van der Waals surface area contributed by atoms with E-state index in [9.17, 15) is 43.5 Å². The van der Waals surface area contributed by atoms with E-state index in [0.29, 0.717) is 5.75 Å². The highest BCUT2D eigenvalue weighted by Crippen LogP contribution is 2.06. The first-order chi connectivity index (χ1) is 19.1. The predicted molar refractivity (Wildman–Crippen MR) is 144 cm³/mol. The van der Waals surface area contributed by atoms with Crippen molar-refractivity contribution in [2.75, 3.05) is 12.0 Å². The predicted octanol–water partition coefficient (Wildman–Crippen LogP) is -2.89. The van der Waals surface area contributed by atoms with E-state index in [0.717, 1.165) is 0 Å². The van der Waals surface area contributed by atoms with Gasteiger partial charge >= 0.3 is 17.9 Å². The Hall–Kier alpha value is -3.93. The molecule has 0 unspecified atom stereocenters. The fourth-order valence-electron chi connectivity index (χ4n) is 3.22. The van der Waals surface area contributed by atoms with Gasteiger partial charge in [-0.1, -0.05) is 0 Å². The van der Waals surface area contributed by atoms with Gasteiger partial charge in [0.2, 0.25) is 29.5 Å². The molecular formula is C23H38N6O11S. The highest BCUT2D eigenvalue weighted by Gasteiger charge is 2.30. The standard InChI is InChI=1S/C23H38N6O11S/c1-11(19(35)29-15(23(39)40)5-8-18(33)34)26-21(37)13(4-7-17(31)32)28-22(38)14(9-10-41-2)27-20(36)12(24)3-6-16(25)30/h11-15H,3-10,24H2,1-2H3,(H2,25,30)(H,26,37)(H,27,36)(H,28,38)(H,29,35)(H,31,32)(H,33,34)(H,39,40)/t11-,12-,13-,14-,15-/m0/s1. The third-order valence-electron chi connectivity index (χ3n) is 5.58. The molecule has 0 aromatic heterocycles. The summed E-state index contributed by atoms with van der Waals surface area (Å²) < 4.78 is 0. The Bertz CT molecular complexity index is 980. The van der Waals surface area contributed by atoms with E-state index >= 15 is 0 Å². The molecule has 232 valence electrons. The average molecular weight is 607 g/mol. The van der Waals surface area contributed by atoms with E-state index in [1.807, 2.05) is 0 Å². The molecule has 0 fully saturated rings. The molecule has 0 saturated carbocycles. The van der Waals surface area contributed by atoms with Crippen molar-refractivity contribution in [3.8, 4) is 0 Å². The molecule has 17 nitrogen and oxygen atoms in total. The lowest BCUT2D eigenvalue weighted by Crippen LogP contribution is -2.58. The summed E-state index contributed by atoms with van der Waals surface area (Å²) in [4.78, 5) is 95.0. The first-order valence-electron chi connectivity index (χ1n) is 12.5. The van der Waals surface area contributed by atoms with Gasteiger partial charge in [0.15, 0.2) is 0 Å². The SMILES string of the molecule is CSCC[C@H](NC(=O)[C@@H](N)CCC(N)=O)C(=O)N[C@@H](CCC(=O)O)C(=O)N[C@@H](C)C(=O)N[C@@H](CCC(=O)O)C(=O)O. The largest absolute Gasteiger partial charge is 0.481 e. The maximum absolute atomic E-state index is 13.0. The van der Waals surface area contributed by atoms with Crippen LogP contribution in [0, 0.1) is 0 Å². The van der Waals surface area contributed by atoms with Gasteiger partial charge in [0, 0.05) is 19.3 Å². The van der Waals surface area contributed by atoms with E-state index in [4.69, 9.17) is 21.7 Å². The number of primary amides is 1. The quantitative estimate of drug-likeness (QED) is 0.0634. The number of carbonyl (C=O) groups excluding carboxylic acids is 5. The zero-order valence-corrected chi connectivity index (χ0v) is 23.5. The Morgan fingerprint density at radius 1 is 0.659 bits per heavy atom. The summed E-state index contributed by atoms with van der Waals surface area (Å²) in [5.74, 6) is -7.82. The van der Waals surface area contributed by atoms with Crippen LogP contribution in [0.3, 0.4) is 0 Å². The van der Waals surface area contributed by atoms with Crippen LogP contribution in [0.4, 0.5) is 0 Å². The molecule has 5 amide bonds. The third kappa shape index (κ3) is 16.1. The van der Waals surface area contributed by atoms with Crippen LogP contribution in [0.15, 0.2) is 0 Å². The highest BCUT2D eigenvalue weighted by molar-refractivity contribution is 7.98. The molecule has 0 aliphatic carbocycles. The van der Waals surface area contributed by atoms with E-state index in [1.165, 1.54) is 18.7 Å². The summed E-state index contributed by atoms with van der Waals surface area (Å²) in [5, 5.41) is 36.2. The second kappa shape index (κ2) is 19.2. The van der Waals surface area contributed by atoms with E-state index < -0.39 is 96.9 Å². The number of hydrogen-bond acceptors (Lipinski definition) is 10. The number of nitrogens with two attached hydrogens (primary N) is 2. The third-order valence-corrected chi connectivity index (χ3v) is 6.22. The number of hydrogen-bond donors (Lipinski definition) is 9. The number of aliphatic carboxylic acids is 3. The van der Waals surface area contributed by atoms with Crippen molar-refractivity contribution in [1.29, 1.82) is 0 Å². The van der Waals surface area contributed by atoms with Gasteiger partial charge in [-0.15, -0.1) is 0 Å². The van der Waals surface area contributed by atoms with Gasteiger partial charge < -0.3 is 48.1 Å². The van der Waals surface area contributed by atoms with E-state index in [-0.39, 0.29) is 25.7 Å². The minimum absolute atomic E-state index is 0.0688. The van der Waals surface area contributed by atoms with Crippen LogP contribution < -0.4 is 32.7 Å². The van der Waals surface area contributed by atoms with Gasteiger partial charge in [-0.05, 0) is 44.6 Å². The molecule has 0 saturated heterocycles. The molecule has 11 N–H and O–H groups in total. The second-order valence-electron chi connectivity index (χ2n) is 9.01. The topological polar surface area (TPSA) is 297 Å². The number of carbonyl (C=O) groups is 8. The van der Waals surface area contributed by atoms with Crippen molar-refractivity contribution < 1.29 is 53.7 Å². The van der Waals surface area contributed by atoms with E-state index in [2.05, 4.69) is 21.3 Å². The number of carboxylic acid groups (broad SMARTS) is 3. The summed E-state index contributed by atoms with van der Waals surface area (Å²) in [5.41, 5.74) is 10.8. The van der Waals surface area contributed by atoms with Crippen molar-refractivity contribution in [2.24, 2.45) is 11.5 Å². The first-order valence-corrected chi connectivity index (χ1v) is 13.9. The zero-order valence-electron chi connectivity index (χ0n) is 22.7. The van der Waals surface area contributed by atoms with E-state index in [1.54, 1.807) is 6.26 Å². The first kappa shape index (κ1) is 37.1. The lowest BCUT2D eigenvalue weighted by atomic mass is 10.1. The molecule has 0 aliphatic heterocycles. The molecule has 18 heteroatoms. The molecule has 0 spiro atoms. The minimum atomic E-state index is -1.55. The molecule has 0 aromatic rings. The molecule has 0 heterocycles. The number of thioether (sulfide) groups is 1. The average Bonchev–Trinajstić information content (AvgIpc) is 2.88. The van der Waals surface area contributed by atoms with Crippen molar-refractivity contribution >= 4 is 59.2 Å².